The fourth-order valence-electron chi connectivity index (χ4n) is 4.51. The molecule has 0 saturated carbocycles. The van der Waals surface area contributed by atoms with E-state index in [4.69, 9.17) is 9.72 Å². The molecule has 0 spiro atoms. The average molecular weight is 453 g/mol. The molecule has 0 aliphatic carbocycles. The summed E-state index contributed by atoms with van der Waals surface area (Å²) in [6.45, 7) is 3.72. The second-order valence-electron chi connectivity index (χ2n) is 8.57. The van der Waals surface area contributed by atoms with E-state index in [0.717, 1.165) is 34.8 Å². The zero-order valence-corrected chi connectivity index (χ0v) is 19.5. The van der Waals surface area contributed by atoms with Crippen LogP contribution in [0.25, 0.3) is 0 Å². The van der Waals surface area contributed by atoms with Crippen LogP contribution in [0.15, 0.2) is 89.7 Å². The number of nitrogens with zero attached hydrogens (tertiary/aromatic N) is 4. The second kappa shape index (κ2) is 9.53. The molecule has 6 heteroatoms. The summed E-state index contributed by atoms with van der Waals surface area (Å²) in [5.41, 5.74) is 4.68. The first-order valence-electron chi connectivity index (χ1n) is 11.4. The first-order valence-corrected chi connectivity index (χ1v) is 11.4. The Kier molecular flexibility index (Phi) is 6.14. The van der Waals surface area contributed by atoms with E-state index in [1.807, 2.05) is 79.7 Å². The van der Waals surface area contributed by atoms with Gasteiger partial charge in [-0.05, 0) is 30.2 Å². The second-order valence-corrected chi connectivity index (χ2v) is 8.57. The number of anilines is 2. The SMILES string of the molecule is COc1ccccc1N1CN(Cc2ccccc2)Cn2c1nc(C)c(Cc1ccccc1)c2=O. The van der Waals surface area contributed by atoms with Crippen molar-refractivity contribution in [1.29, 1.82) is 0 Å². The van der Waals surface area contributed by atoms with Crippen LogP contribution in [0.1, 0.15) is 22.4 Å². The van der Waals surface area contributed by atoms with Crippen molar-refractivity contribution >= 4 is 11.6 Å². The van der Waals surface area contributed by atoms with Crippen molar-refractivity contribution in [1.82, 2.24) is 14.5 Å². The molecule has 1 aliphatic rings. The number of ether oxygens (including phenoxy) is 1. The van der Waals surface area contributed by atoms with E-state index >= 15 is 0 Å². The van der Waals surface area contributed by atoms with Gasteiger partial charge in [0.05, 0.1) is 31.8 Å². The number of para-hydroxylation sites is 2. The number of rotatable bonds is 6. The summed E-state index contributed by atoms with van der Waals surface area (Å²) in [7, 11) is 1.67. The minimum absolute atomic E-state index is 0.00372. The van der Waals surface area contributed by atoms with Gasteiger partial charge >= 0.3 is 0 Å². The maximum Gasteiger partial charge on any atom is 0.259 e. The number of benzene rings is 3. The Morgan fingerprint density at radius 3 is 2.21 bits per heavy atom. The fraction of sp³-hybridized carbons (Fsp3) is 0.214. The summed E-state index contributed by atoms with van der Waals surface area (Å²) < 4.78 is 7.45. The monoisotopic (exact) mass is 452 g/mol. The third kappa shape index (κ3) is 4.32. The molecule has 6 nitrogen and oxygen atoms in total. The van der Waals surface area contributed by atoms with Crippen LogP contribution in [0.3, 0.4) is 0 Å². The van der Waals surface area contributed by atoms with Crippen molar-refractivity contribution in [3.05, 3.63) is 118 Å². The maximum absolute atomic E-state index is 13.8. The summed E-state index contributed by atoms with van der Waals surface area (Å²) in [4.78, 5) is 23.1. The molecule has 0 radical (unpaired) electrons. The number of methoxy groups -OCH3 is 1. The van der Waals surface area contributed by atoms with Crippen molar-refractivity contribution in [2.45, 2.75) is 26.6 Å². The van der Waals surface area contributed by atoms with Gasteiger partial charge in [-0.2, -0.15) is 0 Å². The maximum atomic E-state index is 13.8. The lowest BCUT2D eigenvalue weighted by molar-refractivity contribution is 0.189. The number of hydrogen-bond acceptors (Lipinski definition) is 5. The van der Waals surface area contributed by atoms with E-state index < -0.39 is 0 Å². The molecule has 0 fully saturated rings. The molecule has 1 aromatic heterocycles. The summed E-state index contributed by atoms with van der Waals surface area (Å²) in [6.07, 6.45) is 0.562. The van der Waals surface area contributed by atoms with Crippen LogP contribution in [-0.2, 0) is 19.6 Å². The van der Waals surface area contributed by atoms with Gasteiger partial charge < -0.3 is 4.74 Å². The third-order valence-corrected chi connectivity index (χ3v) is 6.22. The lowest BCUT2D eigenvalue weighted by Gasteiger charge is -2.39. The van der Waals surface area contributed by atoms with Crippen LogP contribution in [0.4, 0.5) is 11.6 Å². The van der Waals surface area contributed by atoms with E-state index in [1.165, 1.54) is 5.56 Å². The molecule has 2 heterocycles. The number of aromatic nitrogens is 2. The van der Waals surface area contributed by atoms with Crippen molar-refractivity contribution in [3.8, 4) is 5.75 Å². The normalized spacial score (nSPS) is 13.5. The van der Waals surface area contributed by atoms with Gasteiger partial charge in [-0.1, -0.05) is 72.8 Å². The van der Waals surface area contributed by atoms with Crippen molar-refractivity contribution in [2.75, 3.05) is 18.7 Å². The Morgan fingerprint density at radius 2 is 1.50 bits per heavy atom. The smallest absolute Gasteiger partial charge is 0.259 e. The summed E-state index contributed by atoms with van der Waals surface area (Å²) >= 11 is 0. The molecule has 0 unspecified atom stereocenters. The molecule has 0 N–H and O–H groups in total. The Labute approximate surface area is 199 Å². The van der Waals surface area contributed by atoms with Crippen LogP contribution in [-0.4, -0.2) is 28.2 Å². The molecule has 3 aromatic carbocycles. The Bertz CT molecular complexity index is 1340. The first-order chi connectivity index (χ1) is 16.6. The van der Waals surface area contributed by atoms with Crippen molar-refractivity contribution in [3.63, 3.8) is 0 Å². The number of hydrogen-bond donors (Lipinski definition) is 0. The van der Waals surface area contributed by atoms with Gasteiger partial charge in [-0.3, -0.25) is 19.2 Å². The van der Waals surface area contributed by atoms with Gasteiger partial charge in [-0.15, -0.1) is 0 Å². The molecule has 0 atom stereocenters. The molecule has 5 rings (SSSR count). The topological polar surface area (TPSA) is 50.6 Å². The number of aryl methyl sites for hydroxylation is 1. The molecular formula is C28H28N4O2. The minimum atomic E-state index is 0.00372. The summed E-state index contributed by atoms with van der Waals surface area (Å²) in [5, 5.41) is 0. The van der Waals surface area contributed by atoms with E-state index in [-0.39, 0.29) is 5.56 Å². The highest BCUT2D eigenvalue weighted by atomic mass is 16.5. The fourth-order valence-corrected chi connectivity index (χ4v) is 4.51. The Balaban J connectivity index is 1.60. The highest BCUT2D eigenvalue weighted by molar-refractivity contribution is 5.66. The summed E-state index contributed by atoms with van der Waals surface area (Å²) in [5.74, 6) is 1.39. The molecule has 0 saturated heterocycles. The largest absolute Gasteiger partial charge is 0.495 e. The van der Waals surface area contributed by atoms with Gasteiger partial charge in [0.1, 0.15) is 5.75 Å². The third-order valence-electron chi connectivity index (χ3n) is 6.22. The molecule has 0 amide bonds. The lowest BCUT2D eigenvalue weighted by Crippen LogP contribution is -2.47. The van der Waals surface area contributed by atoms with Gasteiger partial charge in [0, 0.05) is 18.5 Å². The van der Waals surface area contributed by atoms with Gasteiger partial charge in [0.25, 0.3) is 5.56 Å². The van der Waals surface area contributed by atoms with E-state index in [1.54, 1.807) is 11.7 Å². The lowest BCUT2D eigenvalue weighted by atomic mass is 10.1. The highest BCUT2D eigenvalue weighted by Crippen LogP contribution is 2.35. The number of fused-ring (bicyclic) bond motifs is 1. The van der Waals surface area contributed by atoms with E-state index in [0.29, 0.717) is 25.7 Å². The van der Waals surface area contributed by atoms with Gasteiger partial charge in [0.2, 0.25) is 5.95 Å². The quantitative estimate of drug-likeness (QED) is 0.424. The van der Waals surface area contributed by atoms with Gasteiger partial charge in [0.15, 0.2) is 0 Å². The van der Waals surface area contributed by atoms with Crippen LogP contribution in [0.5, 0.6) is 5.75 Å². The van der Waals surface area contributed by atoms with Crippen LogP contribution >= 0.6 is 0 Å². The standard InChI is InChI=1S/C28H28N4O2/c1-21-24(17-22-11-5-3-6-12-22)27(33)32-20-30(18-23-13-7-4-8-14-23)19-31(28(32)29-21)25-15-9-10-16-26(25)34-2/h3-16H,17-20H2,1-2H3. The predicted octanol–water partition coefficient (Wildman–Crippen LogP) is 4.72. The van der Waals surface area contributed by atoms with Gasteiger partial charge in [-0.25, -0.2) is 4.98 Å². The summed E-state index contributed by atoms with van der Waals surface area (Å²) in [6, 6.07) is 28.3. The molecule has 0 bridgehead atoms. The van der Waals surface area contributed by atoms with Crippen LogP contribution in [0, 0.1) is 6.92 Å². The Hall–Kier alpha value is -3.90. The van der Waals surface area contributed by atoms with Crippen LogP contribution in [0.2, 0.25) is 0 Å². The van der Waals surface area contributed by atoms with E-state index in [9.17, 15) is 4.79 Å². The van der Waals surface area contributed by atoms with Crippen molar-refractivity contribution in [2.24, 2.45) is 0 Å². The zero-order valence-electron chi connectivity index (χ0n) is 19.5. The predicted molar refractivity (Wildman–Crippen MR) is 134 cm³/mol. The molecule has 34 heavy (non-hydrogen) atoms. The minimum Gasteiger partial charge on any atom is -0.495 e. The van der Waals surface area contributed by atoms with E-state index in [2.05, 4.69) is 21.9 Å². The molecule has 172 valence electrons. The highest BCUT2D eigenvalue weighted by Gasteiger charge is 2.29. The first kappa shape index (κ1) is 21.9. The van der Waals surface area contributed by atoms with Crippen LogP contribution < -0.4 is 15.2 Å². The Morgan fingerprint density at radius 1 is 0.853 bits per heavy atom. The van der Waals surface area contributed by atoms with Crippen molar-refractivity contribution < 1.29 is 4.74 Å². The molecular weight excluding hydrogens is 424 g/mol. The average Bonchev–Trinajstić information content (AvgIpc) is 2.88. The molecule has 1 aliphatic heterocycles. The molecule has 4 aromatic rings. The zero-order chi connectivity index (χ0) is 23.5.